The van der Waals surface area contributed by atoms with E-state index in [1.807, 2.05) is 0 Å². The molecule has 108 valence electrons. The van der Waals surface area contributed by atoms with Crippen LogP contribution in [0.15, 0.2) is 0 Å². The first kappa shape index (κ1) is 15.8. The maximum atomic E-state index is 11.9. The van der Waals surface area contributed by atoms with Gasteiger partial charge in [-0.2, -0.15) is 0 Å². The molecule has 0 saturated carbocycles. The number of sulfone groups is 1. The van der Waals surface area contributed by atoms with E-state index in [-0.39, 0.29) is 37.0 Å². The third-order valence-electron chi connectivity index (χ3n) is 2.66. The Balaban J connectivity index is 2.51. The van der Waals surface area contributed by atoms with Crippen LogP contribution in [-0.2, 0) is 24.6 Å². The Morgan fingerprint density at radius 2 is 1.89 bits per heavy atom. The van der Waals surface area contributed by atoms with Crippen LogP contribution in [-0.4, -0.2) is 71.2 Å². The fourth-order valence-corrected chi connectivity index (χ4v) is 4.42. The standard InChI is InChI=1S/C9H20N2O5S2/c10-2-5-16-6-9-18(14,15)11-3-1-7-17(12,13)8-4-11/h1-10H2. The van der Waals surface area contributed by atoms with Crippen molar-refractivity contribution in [2.75, 3.05) is 50.1 Å². The molecule has 9 heteroatoms. The SMILES string of the molecule is NCCOCCS(=O)(=O)N1CCCS(=O)(=O)CC1. The number of hydrogen-bond acceptors (Lipinski definition) is 6. The summed E-state index contributed by atoms with van der Waals surface area (Å²) in [6.07, 6.45) is 0.352. The first-order valence-corrected chi connectivity index (χ1v) is 9.26. The van der Waals surface area contributed by atoms with Crippen LogP contribution in [0, 0.1) is 0 Å². The molecule has 0 unspecified atom stereocenters. The summed E-state index contributed by atoms with van der Waals surface area (Å²) in [5.74, 6) is -0.175. The van der Waals surface area contributed by atoms with E-state index in [1.54, 1.807) is 0 Å². The Kier molecular flexibility index (Phi) is 5.99. The van der Waals surface area contributed by atoms with Crippen molar-refractivity contribution in [3.8, 4) is 0 Å². The molecule has 0 aliphatic carbocycles. The lowest BCUT2D eigenvalue weighted by Crippen LogP contribution is -2.36. The van der Waals surface area contributed by atoms with Gasteiger partial charge in [-0.25, -0.2) is 21.1 Å². The number of ether oxygens (including phenoxy) is 1. The highest BCUT2D eigenvalue weighted by Crippen LogP contribution is 2.10. The van der Waals surface area contributed by atoms with Crippen molar-refractivity contribution in [3.05, 3.63) is 0 Å². The average Bonchev–Trinajstić information content (AvgIpc) is 2.46. The minimum atomic E-state index is -3.43. The van der Waals surface area contributed by atoms with E-state index in [1.165, 1.54) is 4.31 Å². The van der Waals surface area contributed by atoms with Crippen LogP contribution >= 0.6 is 0 Å². The monoisotopic (exact) mass is 300 g/mol. The Labute approximate surface area is 108 Å². The number of rotatable bonds is 6. The summed E-state index contributed by atoms with van der Waals surface area (Å²) in [6, 6.07) is 0. The zero-order valence-corrected chi connectivity index (χ0v) is 11.9. The molecule has 2 N–H and O–H groups in total. The van der Waals surface area contributed by atoms with Gasteiger partial charge < -0.3 is 10.5 Å². The topological polar surface area (TPSA) is 107 Å². The molecule has 0 aromatic rings. The first-order chi connectivity index (χ1) is 8.37. The maximum absolute atomic E-state index is 11.9. The van der Waals surface area contributed by atoms with Gasteiger partial charge in [0.05, 0.1) is 30.5 Å². The third kappa shape index (κ3) is 5.19. The molecule has 1 aliphatic heterocycles. The van der Waals surface area contributed by atoms with E-state index < -0.39 is 19.9 Å². The van der Waals surface area contributed by atoms with Crippen molar-refractivity contribution < 1.29 is 21.6 Å². The van der Waals surface area contributed by atoms with Crippen molar-refractivity contribution >= 4 is 19.9 Å². The predicted molar refractivity (Wildman–Crippen MR) is 68.5 cm³/mol. The molecule has 1 fully saturated rings. The van der Waals surface area contributed by atoms with Crippen molar-refractivity contribution in [2.24, 2.45) is 5.73 Å². The number of hydrogen-bond donors (Lipinski definition) is 1. The van der Waals surface area contributed by atoms with E-state index in [9.17, 15) is 16.8 Å². The van der Waals surface area contributed by atoms with Crippen molar-refractivity contribution in [1.82, 2.24) is 4.31 Å². The van der Waals surface area contributed by atoms with Gasteiger partial charge in [-0.3, -0.25) is 0 Å². The lowest BCUT2D eigenvalue weighted by molar-refractivity contribution is 0.156. The van der Waals surface area contributed by atoms with E-state index in [0.29, 0.717) is 19.6 Å². The van der Waals surface area contributed by atoms with E-state index in [4.69, 9.17) is 10.5 Å². The maximum Gasteiger partial charge on any atom is 0.216 e. The second-order valence-electron chi connectivity index (χ2n) is 4.12. The normalized spacial score (nSPS) is 21.6. The molecule has 0 aromatic heterocycles. The van der Waals surface area contributed by atoms with Crippen LogP contribution in [0.3, 0.4) is 0 Å². The molecular weight excluding hydrogens is 280 g/mol. The van der Waals surface area contributed by atoms with Gasteiger partial charge in [-0.15, -0.1) is 0 Å². The second kappa shape index (κ2) is 6.80. The van der Waals surface area contributed by atoms with Gasteiger partial charge in [-0.1, -0.05) is 0 Å². The van der Waals surface area contributed by atoms with E-state index in [2.05, 4.69) is 0 Å². The average molecular weight is 300 g/mol. The quantitative estimate of drug-likeness (QED) is 0.593. The summed E-state index contributed by atoms with van der Waals surface area (Å²) >= 11 is 0. The Morgan fingerprint density at radius 3 is 2.56 bits per heavy atom. The Hall–Kier alpha value is -0.220. The van der Waals surface area contributed by atoms with Crippen LogP contribution in [0.2, 0.25) is 0 Å². The lowest BCUT2D eigenvalue weighted by Gasteiger charge is -2.19. The van der Waals surface area contributed by atoms with Crippen molar-refractivity contribution in [2.45, 2.75) is 6.42 Å². The molecule has 1 aliphatic rings. The summed E-state index contributed by atoms with van der Waals surface area (Å²) in [7, 11) is -6.53. The molecule has 0 radical (unpaired) electrons. The molecule has 0 spiro atoms. The van der Waals surface area contributed by atoms with Crippen LogP contribution in [0.4, 0.5) is 0 Å². The fourth-order valence-electron chi connectivity index (χ4n) is 1.67. The molecule has 7 nitrogen and oxygen atoms in total. The van der Waals surface area contributed by atoms with E-state index >= 15 is 0 Å². The van der Waals surface area contributed by atoms with Gasteiger partial charge in [0.2, 0.25) is 10.0 Å². The Morgan fingerprint density at radius 1 is 1.17 bits per heavy atom. The second-order valence-corrected chi connectivity index (χ2v) is 8.51. The highest BCUT2D eigenvalue weighted by Gasteiger charge is 2.27. The summed E-state index contributed by atoms with van der Waals surface area (Å²) in [5, 5.41) is 0. The first-order valence-electron chi connectivity index (χ1n) is 5.83. The highest BCUT2D eigenvalue weighted by molar-refractivity contribution is 7.91. The summed E-state index contributed by atoms with van der Waals surface area (Å²) < 4.78 is 52.9. The molecule has 0 atom stereocenters. The van der Waals surface area contributed by atoms with E-state index in [0.717, 1.165) is 0 Å². The van der Waals surface area contributed by atoms with Gasteiger partial charge in [-0.05, 0) is 6.42 Å². The minimum Gasteiger partial charge on any atom is -0.379 e. The zero-order valence-electron chi connectivity index (χ0n) is 10.2. The van der Waals surface area contributed by atoms with Crippen LogP contribution in [0.25, 0.3) is 0 Å². The summed E-state index contributed by atoms with van der Waals surface area (Å²) in [5.41, 5.74) is 5.22. The van der Waals surface area contributed by atoms with Crippen LogP contribution in [0.1, 0.15) is 6.42 Å². The van der Waals surface area contributed by atoms with Gasteiger partial charge in [0.25, 0.3) is 0 Å². The summed E-state index contributed by atoms with van der Waals surface area (Å²) in [6.45, 7) is 1.06. The molecular formula is C9H20N2O5S2. The van der Waals surface area contributed by atoms with Gasteiger partial charge in [0, 0.05) is 19.6 Å². The third-order valence-corrected chi connectivity index (χ3v) is 6.21. The molecule has 1 heterocycles. The number of nitrogens with two attached hydrogens (primary N) is 1. The fraction of sp³-hybridized carbons (Fsp3) is 1.00. The zero-order chi connectivity index (χ0) is 13.6. The Bertz CT molecular complexity index is 446. The molecule has 18 heavy (non-hydrogen) atoms. The molecule has 1 saturated heterocycles. The van der Waals surface area contributed by atoms with Crippen molar-refractivity contribution in [3.63, 3.8) is 0 Å². The number of nitrogens with zero attached hydrogens (tertiary/aromatic N) is 1. The summed E-state index contributed by atoms with van der Waals surface area (Å²) in [4.78, 5) is 0. The van der Waals surface area contributed by atoms with Gasteiger partial charge >= 0.3 is 0 Å². The molecule has 0 bridgehead atoms. The smallest absolute Gasteiger partial charge is 0.216 e. The van der Waals surface area contributed by atoms with Crippen molar-refractivity contribution in [1.29, 1.82) is 0 Å². The van der Waals surface area contributed by atoms with Gasteiger partial charge in [0.1, 0.15) is 0 Å². The largest absolute Gasteiger partial charge is 0.379 e. The molecule has 0 amide bonds. The molecule has 0 aromatic carbocycles. The highest BCUT2D eigenvalue weighted by atomic mass is 32.2. The lowest BCUT2D eigenvalue weighted by atomic mass is 10.5. The molecule has 1 rings (SSSR count). The van der Waals surface area contributed by atoms with Crippen LogP contribution in [0.5, 0.6) is 0 Å². The van der Waals surface area contributed by atoms with Crippen LogP contribution < -0.4 is 5.73 Å². The predicted octanol–water partition coefficient (Wildman–Crippen LogP) is -1.59. The minimum absolute atomic E-state index is 0.0432. The van der Waals surface area contributed by atoms with Gasteiger partial charge in [0.15, 0.2) is 9.84 Å². The number of sulfonamides is 1.